The molecule has 0 bridgehead atoms. The normalized spacial score (nSPS) is 12.9. The molecule has 0 fully saturated rings. The molecule has 2 nitrogen and oxygen atoms in total. The van der Waals surface area contributed by atoms with E-state index in [1.807, 2.05) is 0 Å². The second-order valence-corrected chi connectivity index (χ2v) is 2.74. The van der Waals surface area contributed by atoms with Crippen LogP contribution >= 0.6 is 8.58 Å². The summed E-state index contributed by atoms with van der Waals surface area (Å²) < 4.78 is 0. The molecule has 52 valence electrons. The summed E-state index contributed by atoms with van der Waals surface area (Å²) in [5.41, 5.74) is 0. The van der Waals surface area contributed by atoms with Gasteiger partial charge in [-0.1, -0.05) is 0 Å². The highest BCUT2D eigenvalue weighted by Gasteiger charge is 1.77. The number of hydrogen-bond acceptors (Lipinski definition) is 2. The number of aliphatic hydroxyl groups excluding tert-OH is 2. The second-order valence-electron chi connectivity index (χ2n) is 1.43. The van der Waals surface area contributed by atoms with E-state index in [1.165, 1.54) is 0 Å². The molecule has 0 amide bonds. The Labute approximate surface area is 56.7 Å². The molecule has 0 rings (SSSR count). The summed E-state index contributed by atoms with van der Waals surface area (Å²) >= 11 is 0. The molecule has 0 aromatic heterocycles. The standard InChI is InChI=1S/C6H11O2P/c7-3-1-5-9-6-2-4-8/h1-4,7-9H,5-6H2. The van der Waals surface area contributed by atoms with E-state index in [2.05, 4.69) is 0 Å². The quantitative estimate of drug-likeness (QED) is 0.360. The van der Waals surface area contributed by atoms with Gasteiger partial charge in [-0.3, -0.25) is 0 Å². The van der Waals surface area contributed by atoms with Crippen LogP contribution in [0.4, 0.5) is 0 Å². The molecule has 0 aliphatic heterocycles. The maximum Gasteiger partial charge on any atom is 0.0755 e. The van der Waals surface area contributed by atoms with E-state index >= 15 is 0 Å². The van der Waals surface area contributed by atoms with Gasteiger partial charge in [-0.2, -0.15) is 0 Å². The van der Waals surface area contributed by atoms with Gasteiger partial charge in [0.15, 0.2) is 0 Å². The van der Waals surface area contributed by atoms with Crippen molar-refractivity contribution in [3.63, 3.8) is 0 Å². The molecule has 0 aromatic rings. The average Bonchev–Trinajstić information content (AvgIpc) is 1.89. The van der Waals surface area contributed by atoms with Gasteiger partial charge in [0.05, 0.1) is 12.5 Å². The van der Waals surface area contributed by atoms with Crippen molar-refractivity contribution in [2.45, 2.75) is 0 Å². The Kier molecular flexibility index (Phi) is 7.10. The van der Waals surface area contributed by atoms with E-state index in [1.54, 1.807) is 12.2 Å². The molecule has 0 aliphatic carbocycles. The van der Waals surface area contributed by atoms with Crippen LogP contribution in [-0.2, 0) is 0 Å². The van der Waals surface area contributed by atoms with Gasteiger partial charge in [-0.15, -0.1) is 8.58 Å². The third-order valence-corrected chi connectivity index (χ3v) is 1.78. The topological polar surface area (TPSA) is 40.5 Å². The smallest absolute Gasteiger partial charge is 0.0755 e. The lowest BCUT2D eigenvalue weighted by molar-refractivity contribution is 0.472. The lowest BCUT2D eigenvalue weighted by atomic mass is 10.7. The fourth-order valence-corrected chi connectivity index (χ4v) is 1.07. The molecular weight excluding hydrogens is 135 g/mol. The molecule has 0 spiro atoms. The number of hydrogen-bond donors (Lipinski definition) is 2. The van der Waals surface area contributed by atoms with Crippen molar-refractivity contribution >= 4 is 8.58 Å². The van der Waals surface area contributed by atoms with Gasteiger partial charge in [-0.05, 0) is 24.5 Å². The Morgan fingerprint density at radius 1 is 1.00 bits per heavy atom. The van der Waals surface area contributed by atoms with E-state index < -0.39 is 0 Å². The lowest BCUT2D eigenvalue weighted by Crippen LogP contribution is -1.69. The Bertz CT molecular complexity index is 87.2. The zero-order valence-electron chi connectivity index (χ0n) is 5.12. The number of rotatable bonds is 4. The van der Waals surface area contributed by atoms with Crippen LogP contribution in [0.5, 0.6) is 0 Å². The summed E-state index contributed by atoms with van der Waals surface area (Å²) in [6.07, 6.45) is 7.28. The largest absolute Gasteiger partial charge is 0.516 e. The SMILES string of the molecule is OC=CCPCC=CO. The van der Waals surface area contributed by atoms with Crippen LogP contribution in [0.1, 0.15) is 0 Å². The maximum absolute atomic E-state index is 8.18. The van der Waals surface area contributed by atoms with Crippen molar-refractivity contribution in [3.8, 4) is 0 Å². The molecule has 3 heteroatoms. The Hall–Kier alpha value is -0.490. The van der Waals surface area contributed by atoms with Crippen LogP contribution in [0.15, 0.2) is 24.7 Å². The van der Waals surface area contributed by atoms with E-state index in [9.17, 15) is 0 Å². The highest BCUT2D eigenvalue weighted by molar-refractivity contribution is 7.38. The van der Waals surface area contributed by atoms with Gasteiger partial charge in [-0.25, -0.2) is 0 Å². The van der Waals surface area contributed by atoms with Crippen molar-refractivity contribution in [1.29, 1.82) is 0 Å². The Morgan fingerprint density at radius 2 is 1.44 bits per heavy atom. The zero-order chi connectivity index (χ0) is 6.95. The van der Waals surface area contributed by atoms with Crippen molar-refractivity contribution in [3.05, 3.63) is 24.7 Å². The highest BCUT2D eigenvalue weighted by Crippen LogP contribution is 2.08. The molecule has 0 heterocycles. The summed E-state index contributed by atoms with van der Waals surface area (Å²) in [5.74, 6) is 0. The van der Waals surface area contributed by atoms with Crippen LogP contribution in [-0.4, -0.2) is 22.5 Å². The minimum Gasteiger partial charge on any atom is -0.516 e. The first-order valence-corrected chi connectivity index (χ1v) is 4.12. The molecule has 0 aromatic carbocycles. The first kappa shape index (κ1) is 8.51. The highest BCUT2D eigenvalue weighted by atomic mass is 31.1. The first-order chi connectivity index (χ1) is 4.41. The Balaban J connectivity index is 2.91. The minimum atomic E-state index is 0.752. The van der Waals surface area contributed by atoms with Crippen molar-refractivity contribution < 1.29 is 10.2 Å². The summed E-state index contributed by atoms with van der Waals surface area (Å²) in [6.45, 7) is 0. The van der Waals surface area contributed by atoms with Crippen LogP contribution in [0.25, 0.3) is 0 Å². The fourth-order valence-electron chi connectivity index (χ4n) is 0.355. The molecule has 0 atom stereocenters. The summed E-state index contributed by atoms with van der Waals surface area (Å²) in [7, 11) is 0.752. The molecular formula is C6H11O2P. The predicted octanol–water partition coefficient (Wildman–Crippen LogP) is 1.81. The maximum atomic E-state index is 8.18. The summed E-state index contributed by atoms with van der Waals surface area (Å²) in [4.78, 5) is 0. The average molecular weight is 146 g/mol. The van der Waals surface area contributed by atoms with Crippen LogP contribution in [0.2, 0.25) is 0 Å². The molecule has 0 aliphatic rings. The molecule has 2 N–H and O–H groups in total. The lowest BCUT2D eigenvalue weighted by Gasteiger charge is -1.87. The first-order valence-electron chi connectivity index (χ1n) is 2.71. The van der Waals surface area contributed by atoms with Crippen LogP contribution < -0.4 is 0 Å². The van der Waals surface area contributed by atoms with Gasteiger partial charge in [0, 0.05) is 0 Å². The van der Waals surface area contributed by atoms with Crippen LogP contribution in [0, 0.1) is 0 Å². The van der Waals surface area contributed by atoms with E-state index in [-0.39, 0.29) is 0 Å². The molecule has 0 unspecified atom stereocenters. The van der Waals surface area contributed by atoms with Gasteiger partial charge in [0.2, 0.25) is 0 Å². The molecule has 0 radical (unpaired) electrons. The monoisotopic (exact) mass is 146 g/mol. The van der Waals surface area contributed by atoms with Gasteiger partial charge in [0.1, 0.15) is 0 Å². The molecule has 9 heavy (non-hydrogen) atoms. The van der Waals surface area contributed by atoms with Crippen LogP contribution in [0.3, 0.4) is 0 Å². The fraction of sp³-hybridized carbons (Fsp3) is 0.333. The van der Waals surface area contributed by atoms with E-state index in [0.29, 0.717) is 0 Å². The van der Waals surface area contributed by atoms with E-state index in [4.69, 9.17) is 10.2 Å². The van der Waals surface area contributed by atoms with Gasteiger partial charge < -0.3 is 10.2 Å². The zero-order valence-corrected chi connectivity index (χ0v) is 6.12. The molecule has 0 saturated heterocycles. The van der Waals surface area contributed by atoms with Gasteiger partial charge in [0.25, 0.3) is 0 Å². The Morgan fingerprint density at radius 3 is 1.78 bits per heavy atom. The predicted molar refractivity (Wildman–Crippen MR) is 41.6 cm³/mol. The summed E-state index contributed by atoms with van der Waals surface area (Å²) in [6, 6.07) is 0. The van der Waals surface area contributed by atoms with E-state index in [0.717, 1.165) is 33.4 Å². The van der Waals surface area contributed by atoms with Gasteiger partial charge >= 0.3 is 0 Å². The van der Waals surface area contributed by atoms with Crippen molar-refractivity contribution in [1.82, 2.24) is 0 Å². The number of allylic oxidation sites excluding steroid dienone is 2. The minimum absolute atomic E-state index is 0.752. The van der Waals surface area contributed by atoms with Crippen molar-refractivity contribution in [2.24, 2.45) is 0 Å². The third-order valence-electron chi connectivity index (χ3n) is 0.735. The summed E-state index contributed by atoms with van der Waals surface area (Å²) in [5, 5.41) is 16.4. The number of aliphatic hydroxyl groups is 2. The second kappa shape index (κ2) is 7.51. The molecule has 0 saturated carbocycles. The van der Waals surface area contributed by atoms with Crippen molar-refractivity contribution in [2.75, 3.05) is 12.3 Å². The third kappa shape index (κ3) is 7.51.